The van der Waals surface area contributed by atoms with Crippen molar-refractivity contribution >= 4 is 17.5 Å². The van der Waals surface area contributed by atoms with E-state index in [1.165, 1.54) is 4.68 Å². The lowest BCUT2D eigenvalue weighted by Gasteiger charge is -2.17. The van der Waals surface area contributed by atoms with E-state index in [1.807, 2.05) is 12.1 Å². The second kappa shape index (κ2) is 6.49. The Bertz CT molecular complexity index is 581. The summed E-state index contributed by atoms with van der Waals surface area (Å²) in [5.74, 6) is -0.0478. The summed E-state index contributed by atoms with van der Waals surface area (Å²) in [6, 6.07) is 7.41. The molecule has 2 aromatic rings. The monoisotopic (exact) mass is 293 g/mol. The number of halogens is 1. The maximum absolute atomic E-state index is 12.1. The number of nitrogens with two attached hydrogens (primary N) is 1. The third kappa shape index (κ3) is 3.79. The first kappa shape index (κ1) is 14.5. The molecule has 0 fully saturated rings. The van der Waals surface area contributed by atoms with Gasteiger partial charge in [0.2, 0.25) is 5.91 Å². The Labute approximate surface area is 122 Å². The van der Waals surface area contributed by atoms with Gasteiger partial charge in [0, 0.05) is 25.2 Å². The van der Waals surface area contributed by atoms with Crippen LogP contribution in [0.15, 0.2) is 30.5 Å². The molecule has 106 valence electrons. The highest BCUT2D eigenvalue weighted by atomic mass is 35.5. The van der Waals surface area contributed by atoms with Crippen molar-refractivity contribution in [3.8, 4) is 0 Å². The van der Waals surface area contributed by atoms with Gasteiger partial charge in [0.15, 0.2) is 0 Å². The fourth-order valence-corrected chi connectivity index (χ4v) is 1.85. The van der Waals surface area contributed by atoms with Crippen LogP contribution in [0.1, 0.15) is 11.3 Å². The molecule has 1 aromatic carbocycles. The van der Waals surface area contributed by atoms with Crippen molar-refractivity contribution in [3.05, 3.63) is 46.7 Å². The van der Waals surface area contributed by atoms with Gasteiger partial charge in [-0.25, -0.2) is 4.68 Å². The Kier molecular flexibility index (Phi) is 4.70. The van der Waals surface area contributed by atoms with E-state index in [0.717, 1.165) is 5.56 Å². The van der Waals surface area contributed by atoms with E-state index in [-0.39, 0.29) is 12.5 Å². The molecule has 6 nitrogen and oxygen atoms in total. The van der Waals surface area contributed by atoms with Gasteiger partial charge >= 0.3 is 0 Å². The second-order valence-corrected chi connectivity index (χ2v) is 4.92. The molecular weight excluding hydrogens is 278 g/mol. The van der Waals surface area contributed by atoms with E-state index in [4.69, 9.17) is 17.3 Å². The fourth-order valence-electron chi connectivity index (χ4n) is 1.72. The predicted octanol–water partition coefficient (Wildman–Crippen LogP) is 1.05. The van der Waals surface area contributed by atoms with Gasteiger partial charge in [-0.3, -0.25) is 4.79 Å². The number of hydrogen-bond donors (Lipinski definition) is 1. The number of rotatable bonds is 5. The Morgan fingerprint density at radius 2 is 2.10 bits per heavy atom. The molecule has 2 N–H and O–H groups in total. The molecule has 2 rings (SSSR count). The van der Waals surface area contributed by atoms with Crippen LogP contribution in [0.5, 0.6) is 0 Å². The van der Waals surface area contributed by atoms with Gasteiger partial charge < -0.3 is 10.6 Å². The molecule has 1 heterocycles. The van der Waals surface area contributed by atoms with Crippen LogP contribution < -0.4 is 5.73 Å². The molecule has 0 bridgehead atoms. The average molecular weight is 294 g/mol. The van der Waals surface area contributed by atoms with E-state index in [1.54, 1.807) is 30.3 Å². The number of benzene rings is 1. The van der Waals surface area contributed by atoms with Crippen LogP contribution in [-0.2, 0) is 24.4 Å². The SMILES string of the molecule is CN(Cc1ccc(Cl)cc1)C(=O)Cn1cc(CN)nn1. The molecule has 0 aliphatic carbocycles. The Morgan fingerprint density at radius 1 is 1.40 bits per heavy atom. The van der Waals surface area contributed by atoms with Gasteiger partial charge in [0.1, 0.15) is 6.54 Å². The number of aromatic nitrogens is 3. The highest BCUT2D eigenvalue weighted by Crippen LogP contribution is 2.11. The topological polar surface area (TPSA) is 77.0 Å². The van der Waals surface area contributed by atoms with Gasteiger partial charge in [-0.15, -0.1) is 5.10 Å². The van der Waals surface area contributed by atoms with Crippen molar-refractivity contribution in [2.24, 2.45) is 5.73 Å². The quantitative estimate of drug-likeness (QED) is 0.894. The molecule has 0 aliphatic heterocycles. The van der Waals surface area contributed by atoms with Crippen LogP contribution in [0.25, 0.3) is 0 Å². The molecule has 1 amide bonds. The molecule has 1 aromatic heterocycles. The first-order valence-electron chi connectivity index (χ1n) is 6.16. The minimum absolute atomic E-state index is 0.0478. The van der Waals surface area contributed by atoms with Crippen molar-refractivity contribution in [2.75, 3.05) is 7.05 Å². The molecule has 0 spiro atoms. The summed E-state index contributed by atoms with van der Waals surface area (Å²) in [4.78, 5) is 13.7. The van der Waals surface area contributed by atoms with Crippen molar-refractivity contribution < 1.29 is 4.79 Å². The maximum atomic E-state index is 12.1. The lowest BCUT2D eigenvalue weighted by molar-refractivity contribution is -0.131. The third-order valence-corrected chi connectivity index (χ3v) is 3.10. The van der Waals surface area contributed by atoms with Crippen molar-refractivity contribution in [1.82, 2.24) is 19.9 Å². The zero-order chi connectivity index (χ0) is 14.5. The molecule has 0 saturated heterocycles. The molecule has 0 atom stereocenters. The first-order chi connectivity index (χ1) is 9.58. The molecule has 0 aliphatic rings. The summed E-state index contributed by atoms with van der Waals surface area (Å²) in [6.45, 7) is 0.986. The Balaban J connectivity index is 1.93. The number of amides is 1. The highest BCUT2D eigenvalue weighted by Gasteiger charge is 2.11. The van der Waals surface area contributed by atoms with Gasteiger partial charge in [-0.2, -0.15) is 0 Å². The Hall–Kier alpha value is -1.92. The molecule has 20 heavy (non-hydrogen) atoms. The fraction of sp³-hybridized carbons (Fsp3) is 0.308. The van der Waals surface area contributed by atoms with Gasteiger partial charge in [-0.1, -0.05) is 28.9 Å². The van der Waals surface area contributed by atoms with Crippen LogP contribution in [-0.4, -0.2) is 32.8 Å². The smallest absolute Gasteiger partial charge is 0.244 e. The lowest BCUT2D eigenvalue weighted by atomic mass is 10.2. The largest absolute Gasteiger partial charge is 0.340 e. The number of nitrogens with zero attached hydrogens (tertiary/aromatic N) is 4. The van der Waals surface area contributed by atoms with Gasteiger partial charge in [-0.05, 0) is 17.7 Å². The zero-order valence-electron chi connectivity index (χ0n) is 11.2. The summed E-state index contributed by atoms with van der Waals surface area (Å²) in [7, 11) is 1.75. The molecule has 0 radical (unpaired) electrons. The van der Waals surface area contributed by atoms with Crippen LogP contribution in [0, 0.1) is 0 Å². The summed E-state index contributed by atoms with van der Waals surface area (Å²) in [6.07, 6.45) is 1.67. The van der Waals surface area contributed by atoms with Gasteiger partial charge in [0.25, 0.3) is 0 Å². The highest BCUT2D eigenvalue weighted by molar-refractivity contribution is 6.30. The zero-order valence-corrected chi connectivity index (χ0v) is 11.9. The van der Waals surface area contributed by atoms with E-state index in [0.29, 0.717) is 23.8 Å². The van der Waals surface area contributed by atoms with Crippen LogP contribution in [0.3, 0.4) is 0 Å². The summed E-state index contributed by atoms with van der Waals surface area (Å²) in [5.41, 5.74) is 7.13. The summed E-state index contributed by atoms with van der Waals surface area (Å²) < 4.78 is 1.49. The minimum Gasteiger partial charge on any atom is -0.340 e. The van der Waals surface area contributed by atoms with Gasteiger partial charge in [0.05, 0.1) is 11.9 Å². The first-order valence-corrected chi connectivity index (χ1v) is 6.54. The second-order valence-electron chi connectivity index (χ2n) is 4.49. The lowest BCUT2D eigenvalue weighted by Crippen LogP contribution is -2.30. The number of likely N-dealkylation sites (N-methyl/N-ethyl adjacent to an activating group) is 1. The van der Waals surface area contributed by atoms with E-state index in [9.17, 15) is 4.79 Å². The number of carbonyl (C=O) groups is 1. The number of carbonyl (C=O) groups excluding carboxylic acids is 1. The van der Waals surface area contributed by atoms with E-state index < -0.39 is 0 Å². The predicted molar refractivity (Wildman–Crippen MR) is 75.8 cm³/mol. The van der Waals surface area contributed by atoms with Crippen LogP contribution in [0.4, 0.5) is 0 Å². The van der Waals surface area contributed by atoms with E-state index in [2.05, 4.69) is 10.3 Å². The Morgan fingerprint density at radius 3 is 2.70 bits per heavy atom. The summed E-state index contributed by atoms with van der Waals surface area (Å²) >= 11 is 5.82. The summed E-state index contributed by atoms with van der Waals surface area (Å²) in [5, 5.41) is 8.37. The third-order valence-electron chi connectivity index (χ3n) is 2.85. The molecule has 0 unspecified atom stereocenters. The maximum Gasteiger partial charge on any atom is 0.244 e. The average Bonchev–Trinajstić information content (AvgIpc) is 2.89. The van der Waals surface area contributed by atoms with Crippen molar-refractivity contribution in [3.63, 3.8) is 0 Å². The molecular formula is C13H16ClN5O. The van der Waals surface area contributed by atoms with Crippen LogP contribution in [0.2, 0.25) is 5.02 Å². The normalized spacial score (nSPS) is 10.6. The van der Waals surface area contributed by atoms with E-state index >= 15 is 0 Å². The van der Waals surface area contributed by atoms with Crippen molar-refractivity contribution in [2.45, 2.75) is 19.6 Å². The van der Waals surface area contributed by atoms with Crippen molar-refractivity contribution in [1.29, 1.82) is 0 Å². The van der Waals surface area contributed by atoms with Crippen LogP contribution >= 0.6 is 11.6 Å². The molecule has 0 saturated carbocycles. The number of hydrogen-bond acceptors (Lipinski definition) is 4. The minimum atomic E-state index is -0.0478. The molecule has 7 heteroatoms. The standard InChI is InChI=1S/C13H16ClN5O/c1-18(7-10-2-4-11(14)5-3-10)13(20)9-19-8-12(6-15)16-17-19/h2-5,8H,6-7,9,15H2,1H3.